The normalized spacial score (nSPS) is 18.7. The molecule has 7 atom stereocenters. The summed E-state index contributed by atoms with van der Waals surface area (Å²) in [6.07, 6.45) is -4.26. The molecular weight excluding hydrogens is 1110 g/mol. The van der Waals surface area contributed by atoms with Crippen LogP contribution in [0.4, 0.5) is 10.5 Å². The predicted molar refractivity (Wildman–Crippen MR) is 319 cm³/mol. The van der Waals surface area contributed by atoms with Gasteiger partial charge in [0.1, 0.15) is 36.3 Å². The Bertz CT molecular complexity index is 2940. The van der Waals surface area contributed by atoms with Crippen LogP contribution in [0.2, 0.25) is 0 Å². The van der Waals surface area contributed by atoms with Gasteiger partial charge in [0.2, 0.25) is 24.0 Å². The number of nitrogens with zero attached hydrogens (tertiary/aromatic N) is 4. The molecular formula is C63H84N8O15. The van der Waals surface area contributed by atoms with Crippen LogP contribution < -0.4 is 26.0 Å². The first-order valence-electron chi connectivity index (χ1n) is 29.7. The van der Waals surface area contributed by atoms with Gasteiger partial charge in [0.25, 0.3) is 0 Å². The highest BCUT2D eigenvalue weighted by molar-refractivity contribution is 5.97. The lowest BCUT2D eigenvalue weighted by atomic mass is 9.90. The molecule has 0 spiro atoms. The number of likely N-dealkylation sites (tertiary alicyclic amines) is 1. The smallest absolute Gasteiger partial charge is 0.407 e. The van der Waals surface area contributed by atoms with Crippen molar-refractivity contribution < 1.29 is 72.9 Å². The highest BCUT2D eigenvalue weighted by Crippen LogP contribution is 2.26. The summed E-state index contributed by atoms with van der Waals surface area (Å²) in [7, 11) is 2.09. The second-order valence-electron chi connectivity index (χ2n) is 21.9. The average molecular weight is 1190 g/mol. The Morgan fingerprint density at radius 2 is 1.55 bits per heavy atom. The number of ether oxygens (including phenoxy) is 5. The summed E-state index contributed by atoms with van der Waals surface area (Å²) >= 11 is 0. The Morgan fingerprint density at radius 3 is 2.27 bits per heavy atom. The summed E-state index contributed by atoms with van der Waals surface area (Å²) < 4.78 is 29.8. The number of rotatable bonds is 34. The molecule has 4 amide bonds. The van der Waals surface area contributed by atoms with Crippen molar-refractivity contribution in [1.82, 2.24) is 35.3 Å². The number of pyridine rings is 1. The number of aliphatic hydroxyl groups is 3. The minimum absolute atomic E-state index is 0.00671. The van der Waals surface area contributed by atoms with E-state index in [1.165, 1.54) is 12.1 Å². The first-order chi connectivity index (χ1) is 41.5. The van der Waals surface area contributed by atoms with Crippen molar-refractivity contribution >= 4 is 52.3 Å². The lowest BCUT2D eigenvalue weighted by molar-refractivity contribution is -0.271. The highest BCUT2D eigenvalue weighted by Gasteiger charge is 2.48. The molecule has 2 aliphatic rings. The molecule has 23 heteroatoms. The van der Waals surface area contributed by atoms with Crippen molar-refractivity contribution in [3.8, 4) is 5.75 Å². The number of piperidine rings is 1. The van der Waals surface area contributed by atoms with E-state index in [1.807, 2.05) is 60.4 Å². The number of anilines is 1. The molecule has 0 saturated carbocycles. The van der Waals surface area contributed by atoms with Gasteiger partial charge in [-0.1, -0.05) is 73.5 Å². The SMILES string of the molecule is CCN(C)Cc1cc2cccnc2n1CCC(=O)N1CCC(NCCOCCOCCC(=O)N[C@@H](Cc2ccccc2)C(=O)C[C@@H](CCCCNC(=O)OCc2ccc(O[C@@H]3O[C@H](C(=O)O)[C@@H](O)[C@H](O)[C@H]3O)cc2)C(=O)Nc2ccc(C)cc2)CC1. The highest BCUT2D eigenvalue weighted by atomic mass is 16.7. The fourth-order valence-electron chi connectivity index (χ4n) is 10.2. The standard InChI is InChI=1S/C63H84N8O15/c1-4-69(3)40-49-38-45-14-10-28-65-59(45)71(49)32-25-54(74)70-30-23-47(24-31-70)64-29-34-83-36-35-82-33-26-53(73)68-51(37-43-11-6-5-7-12-43)52(72)39-46(60(78)67-48-19-15-42(2)16-20-48)13-8-9-27-66-63(81)84-41-44-17-21-50(22-18-44)85-62-57(77)55(75)56(76)58(86-62)61(79)80/h5-7,10-12,14-22,28,38,46-47,51,55-58,62,64,75-77H,4,8-9,13,23-27,29-37,39-41H2,1-3H3,(H,66,81)(H,67,78)(H,68,73)(H,79,80)/t46-,51+,55+,56+,57-,58+,62-/m1/s1. The summed E-state index contributed by atoms with van der Waals surface area (Å²) in [5.74, 6) is -3.02. The van der Waals surface area contributed by atoms with E-state index in [1.54, 1.807) is 30.5 Å². The van der Waals surface area contributed by atoms with Gasteiger partial charge in [-0.15, -0.1) is 0 Å². The molecule has 4 heterocycles. The molecule has 466 valence electrons. The number of aromatic nitrogens is 2. The molecule has 0 unspecified atom stereocenters. The molecule has 2 aromatic heterocycles. The third-order valence-electron chi connectivity index (χ3n) is 15.4. The van der Waals surface area contributed by atoms with E-state index in [-0.39, 0.29) is 80.9 Å². The van der Waals surface area contributed by atoms with Gasteiger partial charge in [0.05, 0.1) is 32.5 Å². The Labute approximate surface area is 501 Å². The number of aryl methyl sites for hydroxylation is 2. The second-order valence-corrected chi connectivity index (χ2v) is 21.9. The van der Waals surface area contributed by atoms with Crippen LogP contribution >= 0.6 is 0 Å². The fraction of sp³-hybridized carbons (Fsp3) is 0.508. The van der Waals surface area contributed by atoms with E-state index >= 15 is 0 Å². The van der Waals surface area contributed by atoms with Crippen molar-refractivity contribution in [2.45, 2.75) is 134 Å². The average Bonchev–Trinajstić information content (AvgIpc) is 2.46. The van der Waals surface area contributed by atoms with Gasteiger partial charge in [0, 0.05) is 93.5 Å². The van der Waals surface area contributed by atoms with Crippen molar-refractivity contribution in [2.75, 3.05) is 71.5 Å². The quantitative estimate of drug-likeness (QED) is 0.0263. The molecule has 2 aliphatic heterocycles. The topological polar surface area (TPSA) is 302 Å². The number of carboxylic acid groups (broad SMARTS) is 1. The van der Waals surface area contributed by atoms with E-state index in [4.69, 9.17) is 23.7 Å². The van der Waals surface area contributed by atoms with Crippen molar-refractivity contribution in [1.29, 1.82) is 0 Å². The maximum absolute atomic E-state index is 14.2. The maximum atomic E-state index is 14.2. The van der Waals surface area contributed by atoms with Gasteiger partial charge >= 0.3 is 12.1 Å². The minimum Gasteiger partial charge on any atom is -0.479 e. The molecule has 8 N–H and O–H groups in total. The lowest BCUT2D eigenvalue weighted by Crippen LogP contribution is -2.61. The number of unbranched alkanes of at least 4 members (excludes halogenated alkanes) is 1. The third kappa shape index (κ3) is 20.7. The van der Waals surface area contributed by atoms with Crippen LogP contribution in [0.15, 0.2) is 103 Å². The van der Waals surface area contributed by atoms with Gasteiger partial charge in [-0.05, 0) is 106 Å². The molecule has 2 saturated heterocycles. The number of nitrogens with one attached hydrogen (secondary N) is 4. The van der Waals surface area contributed by atoms with E-state index < -0.39 is 54.7 Å². The van der Waals surface area contributed by atoms with E-state index in [0.717, 1.165) is 53.8 Å². The van der Waals surface area contributed by atoms with Crippen molar-refractivity contribution in [2.24, 2.45) is 5.92 Å². The number of aliphatic carboxylic acids is 1. The van der Waals surface area contributed by atoms with Gasteiger partial charge in [-0.2, -0.15) is 0 Å². The van der Waals surface area contributed by atoms with E-state index in [9.17, 15) is 49.2 Å². The zero-order valence-electron chi connectivity index (χ0n) is 49.4. The molecule has 0 radical (unpaired) electrons. The van der Waals surface area contributed by atoms with Gasteiger partial charge < -0.3 is 79.7 Å². The van der Waals surface area contributed by atoms with Gasteiger partial charge in [-0.3, -0.25) is 19.2 Å². The number of aliphatic hydroxyl groups excluding tert-OH is 3. The number of hydrogen-bond donors (Lipinski definition) is 8. The predicted octanol–water partition coefficient (Wildman–Crippen LogP) is 4.50. The first-order valence-corrected chi connectivity index (χ1v) is 29.7. The van der Waals surface area contributed by atoms with Gasteiger partial charge in [-0.25, -0.2) is 14.6 Å². The number of Topliss-reactive ketones (excluding diaryl/α,β-unsaturated/α-hetero) is 1. The number of hydrogen-bond acceptors (Lipinski definition) is 17. The van der Waals surface area contributed by atoms with Crippen LogP contribution in [0.5, 0.6) is 5.75 Å². The Balaban J connectivity index is 0.792. The summed E-state index contributed by atoms with van der Waals surface area (Å²) in [6.45, 7) is 9.71. The lowest BCUT2D eigenvalue weighted by Gasteiger charge is -2.38. The number of carbonyl (C=O) groups is 6. The molecule has 2 fully saturated rings. The van der Waals surface area contributed by atoms with Crippen LogP contribution in [0, 0.1) is 12.8 Å². The zero-order valence-corrected chi connectivity index (χ0v) is 49.4. The first kappa shape index (κ1) is 66.2. The molecule has 0 bridgehead atoms. The van der Waals surface area contributed by atoms with Crippen LogP contribution in [0.25, 0.3) is 11.0 Å². The van der Waals surface area contributed by atoms with Crippen LogP contribution in [0.1, 0.15) is 80.7 Å². The van der Waals surface area contributed by atoms with Gasteiger partial charge in [0.15, 0.2) is 11.9 Å². The molecule has 0 aliphatic carbocycles. The Kier molecular flexibility index (Phi) is 26.2. The molecule has 3 aromatic carbocycles. The summed E-state index contributed by atoms with van der Waals surface area (Å²) in [6, 6.07) is 28.2. The molecule has 86 heavy (non-hydrogen) atoms. The molecule has 23 nitrogen and oxygen atoms in total. The number of benzene rings is 3. The maximum Gasteiger partial charge on any atom is 0.407 e. The largest absolute Gasteiger partial charge is 0.479 e. The van der Waals surface area contributed by atoms with Crippen LogP contribution in [0.3, 0.4) is 0 Å². The minimum atomic E-state index is -1.86. The Morgan fingerprint density at radius 1 is 0.814 bits per heavy atom. The fourth-order valence-corrected chi connectivity index (χ4v) is 10.2. The molecule has 7 rings (SSSR count). The number of fused-ring (bicyclic) bond motifs is 1. The Hall–Kier alpha value is -7.35. The van der Waals surface area contributed by atoms with Crippen LogP contribution in [-0.2, 0) is 69.0 Å². The van der Waals surface area contributed by atoms with E-state index in [0.29, 0.717) is 76.3 Å². The van der Waals surface area contributed by atoms with Crippen LogP contribution in [-0.4, -0.2) is 184 Å². The zero-order chi connectivity index (χ0) is 61.4. The molecule has 5 aromatic rings. The number of ketones is 1. The second kappa shape index (κ2) is 34.1. The van der Waals surface area contributed by atoms with Crippen molar-refractivity contribution in [3.63, 3.8) is 0 Å². The summed E-state index contributed by atoms with van der Waals surface area (Å²) in [4.78, 5) is 87.7. The monoisotopic (exact) mass is 1190 g/mol. The van der Waals surface area contributed by atoms with Crippen molar-refractivity contribution in [3.05, 3.63) is 126 Å². The van der Waals surface area contributed by atoms with E-state index in [2.05, 4.69) is 61.8 Å². The summed E-state index contributed by atoms with van der Waals surface area (Å²) in [5, 5.41) is 52.7. The number of carboxylic acids is 1. The third-order valence-corrected chi connectivity index (χ3v) is 15.4. The number of alkyl carbamates (subject to hydrolysis) is 1. The number of carbonyl (C=O) groups excluding carboxylic acids is 5. The summed E-state index contributed by atoms with van der Waals surface area (Å²) in [5.41, 5.74) is 5.05. The number of amides is 4.